The second-order valence-electron chi connectivity index (χ2n) is 5.80. The zero-order valence-corrected chi connectivity index (χ0v) is 17.7. The maximum Gasteiger partial charge on any atom is 0.341 e. The number of rotatable bonds is 7. The molecule has 1 amide bonds. The lowest BCUT2D eigenvalue weighted by Crippen LogP contribution is -2.21. The Balaban J connectivity index is 1.75. The van der Waals surface area contributed by atoms with Crippen LogP contribution in [-0.2, 0) is 9.53 Å². The predicted octanol–water partition coefficient (Wildman–Crippen LogP) is 5.63. The van der Waals surface area contributed by atoms with E-state index in [0.29, 0.717) is 21.3 Å². The number of carbonyl (C=O) groups excluding carboxylic acids is 2. The number of thiophene rings is 2. The Morgan fingerprint density at radius 1 is 1.21 bits per heavy atom. The highest BCUT2D eigenvalue weighted by molar-refractivity contribution is 7.17. The normalized spacial score (nSPS) is 10.5. The Labute approximate surface area is 175 Å². The molecule has 0 spiro atoms. The quantitative estimate of drug-likeness (QED) is 0.488. The summed E-state index contributed by atoms with van der Waals surface area (Å²) < 4.78 is 10.8. The molecule has 0 radical (unpaired) electrons. The topological polar surface area (TPSA) is 64.6 Å². The van der Waals surface area contributed by atoms with Crippen LogP contribution in [0, 0.1) is 6.92 Å². The summed E-state index contributed by atoms with van der Waals surface area (Å²) in [5.74, 6) is -0.244. The van der Waals surface area contributed by atoms with Crippen molar-refractivity contribution in [1.29, 1.82) is 0 Å². The minimum Gasteiger partial charge on any atom is -0.483 e. The molecule has 0 atom stereocenters. The van der Waals surface area contributed by atoms with Crippen molar-refractivity contribution in [3.8, 4) is 16.2 Å². The van der Waals surface area contributed by atoms with Crippen molar-refractivity contribution in [2.45, 2.75) is 13.8 Å². The van der Waals surface area contributed by atoms with Crippen LogP contribution in [0.3, 0.4) is 0 Å². The van der Waals surface area contributed by atoms with E-state index in [9.17, 15) is 9.59 Å². The third-order valence-electron chi connectivity index (χ3n) is 3.81. The average Bonchev–Trinajstić information content (AvgIpc) is 3.30. The highest BCUT2D eigenvalue weighted by Gasteiger charge is 2.23. The number of hydrogen-bond acceptors (Lipinski definition) is 6. The van der Waals surface area contributed by atoms with Crippen molar-refractivity contribution in [3.05, 3.63) is 57.2 Å². The second kappa shape index (κ2) is 9.23. The summed E-state index contributed by atoms with van der Waals surface area (Å²) in [6.07, 6.45) is 0. The van der Waals surface area contributed by atoms with E-state index in [2.05, 4.69) is 5.32 Å². The van der Waals surface area contributed by atoms with Crippen molar-refractivity contribution < 1.29 is 19.1 Å². The SMILES string of the molecule is CCOC(=O)c1c(-c2cccs2)csc1NC(=O)COc1ccc(Cl)cc1C. The zero-order valence-electron chi connectivity index (χ0n) is 15.3. The number of anilines is 1. The fourth-order valence-corrected chi connectivity index (χ4v) is 4.56. The van der Waals surface area contributed by atoms with Gasteiger partial charge in [-0.15, -0.1) is 22.7 Å². The van der Waals surface area contributed by atoms with Crippen LogP contribution < -0.4 is 10.1 Å². The van der Waals surface area contributed by atoms with Gasteiger partial charge < -0.3 is 14.8 Å². The van der Waals surface area contributed by atoms with Gasteiger partial charge in [-0.3, -0.25) is 4.79 Å². The molecule has 8 heteroatoms. The lowest BCUT2D eigenvalue weighted by Gasteiger charge is -2.10. The van der Waals surface area contributed by atoms with Gasteiger partial charge in [0.05, 0.1) is 6.61 Å². The molecule has 0 saturated heterocycles. The molecule has 0 bridgehead atoms. The van der Waals surface area contributed by atoms with Gasteiger partial charge in [-0.2, -0.15) is 0 Å². The van der Waals surface area contributed by atoms with E-state index >= 15 is 0 Å². The molecule has 3 aromatic rings. The van der Waals surface area contributed by atoms with Crippen LogP contribution in [0.2, 0.25) is 5.02 Å². The van der Waals surface area contributed by atoms with Crippen molar-refractivity contribution in [3.63, 3.8) is 0 Å². The largest absolute Gasteiger partial charge is 0.483 e. The average molecular weight is 436 g/mol. The molecule has 0 aliphatic carbocycles. The van der Waals surface area contributed by atoms with Gasteiger partial charge >= 0.3 is 5.97 Å². The number of nitrogens with one attached hydrogen (secondary N) is 1. The molecule has 1 N–H and O–H groups in total. The highest BCUT2D eigenvalue weighted by atomic mass is 35.5. The summed E-state index contributed by atoms with van der Waals surface area (Å²) in [6.45, 7) is 3.67. The molecule has 1 aromatic carbocycles. The number of hydrogen-bond donors (Lipinski definition) is 1. The van der Waals surface area contributed by atoms with Gasteiger partial charge in [0.15, 0.2) is 6.61 Å². The summed E-state index contributed by atoms with van der Waals surface area (Å²) in [6, 6.07) is 9.02. The predicted molar refractivity (Wildman–Crippen MR) is 114 cm³/mol. The molecule has 28 heavy (non-hydrogen) atoms. The van der Waals surface area contributed by atoms with Crippen LogP contribution in [0.15, 0.2) is 41.1 Å². The standard InChI is InChI=1S/C20H18ClNO4S2/c1-3-25-20(24)18-14(16-5-4-8-27-16)11-28-19(18)22-17(23)10-26-15-7-6-13(21)9-12(15)2/h4-9,11H,3,10H2,1-2H3,(H,22,23). The summed E-state index contributed by atoms with van der Waals surface area (Å²) in [5.41, 5.74) is 1.96. The molecule has 146 valence electrons. The van der Waals surface area contributed by atoms with Gasteiger partial charge in [0.25, 0.3) is 5.91 Å². The van der Waals surface area contributed by atoms with Crippen LogP contribution in [0.25, 0.3) is 10.4 Å². The number of esters is 1. The molecule has 0 unspecified atom stereocenters. The van der Waals surface area contributed by atoms with Crippen molar-refractivity contribution in [2.75, 3.05) is 18.5 Å². The first kappa shape index (κ1) is 20.4. The second-order valence-corrected chi connectivity index (χ2v) is 8.06. The maximum absolute atomic E-state index is 12.5. The van der Waals surface area contributed by atoms with Gasteiger partial charge in [-0.1, -0.05) is 17.7 Å². The summed E-state index contributed by atoms with van der Waals surface area (Å²) in [7, 11) is 0. The van der Waals surface area contributed by atoms with Crippen molar-refractivity contribution in [2.24, 2.45) is 0 Å². The van der Waals surface area contributed by atoms with Crippen molar-refractivity contribution >= 4 is 51.2 Å². The Morgan fingerprint density at radius 3 is 2.71 bits per heavy atom. The van der Waals surface area contributed by atoms with E-state index < -0.39 is 5.97 Å². The Hall–Kier alpha value is -2.35. The number of amides is 1. The first-order chi connectivity index (χ1) is 13.5. The minimum absolute atomic E-state index is 0.184. The monoisotopic (exact) mass is 435 g/mol. The first-order valence-corrected chi connectivity index (χ1v) is 10.6. The van der Waals surface area contributed by atoms with E-state index in [0.717, 1.165) is 16.0 Å². The molecular weight excluding hydrogens is 418 g/mol. The molecule has 0 fully saturated rings. The fraction of sp³-hybridized carbons (Fsp3) is 0.200. The molecule has 0 aliphatic heterocycles. The Morgan fingerprint density at radius 2 is 2.04 bits per heavy atom. The van der Waals surface area contributed by atoms with Crippen LogP contribution in [0.5, 0.6) is 5.75 Å². The van der Waals surface area contributed by atoms with Gasteiger partial charge in [-0.25, -0.2) is 4.79 Å². The van der Waals surface area contributed by atoms with Crippen LogP contribution in [0.1, 0.15) is 22.8 Å². The van der Waals surface area contributed by atoms with Crippen LogP contribution >= 0.6 is 34.3 Å². The molecule has 5 nitrogen and oxygen atoms in total. The molecule has 0 aliphatic rings. The fourth-order valence-electron chi connectivity index (χ4n) is 2.55. The molecule has 2 heterocycles. The first-order valence-electron chi connectivity index (χ1n) is 8.51. The smallest absolute Gasteiger partial charge is 0.341 e. The molecular formula is C20H18ClNO4S2. The van der Waals surface area contributed by atoms with E-state index in [1.54, 1.807) is 25.1 Å². The van der Waals surface area contributed by atoms with Crippen LogP contribution in [-0.4, -0.2) is 25.1 Å². The summed E-state index contributed by atoms with van der Waals surface area (Å²) >= 11 is 8.73. The van der Waals surface area contributed by atoms with Crippen LogP contribution in [0.4, 0.5) is 5.00 Å². The lowest BCUT2D eigenvalue weighted by atomic mass is 10.1. The number of aryl methyl sites for hydroxylation is 1. The van der Waals surface area contributed by atoms with E-state index in [4.69, 9.17) is 21.1 Å². The van der Waals surface area contributed by atoms with Gasteiger partial charge in [0, 0.05) is 20.8 Å². The number of carbonyl (C=O) groups is 2. The van der Waals surface area contributed by atoms with Gasteiger partial charge in [0.1, 0.15) is 16.3 Å². The number of halogens is 1. The third-order valence-corrected chi connectivity index (χ3v) is 5.84. The maximum atomic E-state index is 12.5. The third kappa shape index (κ3) is 4.73. The lowest BCUT2D eigenvalue weighted by molar-refractivity contribution is -0.118. The van der Waals surface area contributed by atoms with E-state index in [1.807, 2.05) is 29.8 Å². The Bertz CT molecular complexity index is 982. The van der Waals surface area contributed by atoms with Gasteiger partial charge in [0.2, 0.25) is 0 Å². The molecule has 3 rings (SSSR count). The molecule has 0 saturated carbocycles. The molecule has 2 aromatic heterocycles. The minimum atomic E-state index is -0.461. The Kier molecular flexibility index (Phi) is 6.72. The zero-order chi connectivity index (χ0) is 20.1. The van der Waals surface area contributed by atoms with Gasteiger partial charge in [-0.05, 0) is 49.1 Å². The van der Waals surface area contributed by atoms with Crippen molar-refractivity contribution in [1.82, 2.24) is 0 Å². The number of benzene rings is 1. The van der Waals surface area contributed by atoms with E-state index in [-0.39, 0.29) is 19.1 Å². The summed E-state index contributed by atoms with van der Waals surface area (Å²) in [5, 5.41) is 7.60. The highest BCUT2D eigenvalue weighted by Crippen LogP contribution is 2.38. The van der Waals surface area contributed by atoms with E-state index in [1.165, 1.54) is 22.7 Å². The summed E-state index contributed by atoms with van der Waals surface area (Å²) in [4.78, 5) is 25.8. The number of ether oxygens (including phenoxy) is 2.